The van der Waals surface area contributed by atoms with E-state index in [9.17, 15) is 4.79 Å². The third-order valence-corrected chi connectivity index (χ3v) is 1.97. The Hall–Kier alpha value is -1.56. The van der Waals surface area contributed by atoms with Crippen molar-refractivity contribution < 1.29 is 4.79 Å². The lowest BCUT2D eigenvalue weighted by atomic mass is 10.3. The molecule has 0 saturated carbocycles. The Labute approximate surface area is 85.7 Å². The summed E-state index contributed by atoms with van der Waals surface area (Å²) in [5, 5.41) is 2.89. The molecule has 14 heavy (non-hydrogen) atoms. The second kappa shape index (κ2) is 4.10. The SMILES string of the molecule is CC(Nc1ncnc(N)c1Cl)C(N)=O. The largest absolute Gasteiger partial charge is 0.382 e. The summed E-state index contributed by atoms with van der Waals surface area (Å²) < 4.78 is 0. The first-order valence-electron chi connectivity index (χ1n) is 3.84. The molecule has 76 valence electrons. The summed E-state index contributed by atoms with van der Waals surface area (Å²) in [4.78, 5) is 18.2. The number of aromatic nitrogens is 2. The number of nitrogen functional groups attached to an aromatic ring is 1. The summed E-state index contributed by atoms with van der Waals surface area (Å²) in [6, 6.07) is -0.568. The number of primary amides is 1. The average Bonchev–Trinajstić information content (AvgIpc) is 2.12. The topological polar surface area (TPSA) is 107 Å². The molecule has 1 aromatic rings. The van der Waals surface area contributed by atoms with E-state index in [1.807, 2.05) is 0 Å². The molecule has 1 heterocycles. The molecule has 1 atom stereocenters. The number of anilines is 2. The highest BCUT2D eigenvalue weighted by Gasteiger charge is 2.12. The summed E-state index contributed by atoms with van der Waals surface area (Å²) >= 11 is 5.78. The third kappa shape index (κ3) is 2.23. The Bertz CT molecular complexity index is 356. The molecule has 0 saturated heterocycles. The third-order valence-electron chi connectivity index (χ3n) is 1.60. The normalized spacial score (nSPS) is 12.1. The Balaban J connectivity index is 2.87. The van der Waals surface area contributed by atoms with Gasteiger partial charge >= 0.3 is 0 Å². The summed E-state index contributed by atoms with van der Waals surface area (Å²) in [6.45, 7) is 1.59. The zero-order valence-corrected chi connectivity index (χ0v) is 8.25. The Kier molecular flexibility index (Phi) is 3.08. The molecule has 0 aromatic carbocycles. The van der Waals surface area contributed by atoms with Crippen LogP contribution in [-0.4, -0.2) is 21.9 Å². The standard InChI is InChI=1S/C7H10ClN5O/c1-3(6(10)14)13-7-4(8)5(9)11-2-12-7/h2-3H,1H3,(H2,10,14)(H3,9,11,12,13). The van der Waals surface area contributed by atoms with Crippen LogP contribution in [0.1, 0.15) is 6.92 Å². The number of nitrogens with two attached hydrogens (primary N) is 2. The van der Waals surface area contributed by atoms with Crippen LogP contribution in [0.5, 0.6) is 0 Å². The number of hydrogen-bond donors (Lipinski definition) is 3. The van der Waals surface area contributed by atoms with Crippen LogP contribution in [0.25, 0.3) is 0 Å². The second-order valence-electron chi connectivity index (χ2n) is 2.69. The van der Waals surface area contributed by atoms with Crippen molar-refractivity contribution >= 4 is 29.1 Å². The summed E-state index contributed by atoms with van der Waals surface area (Å²) in [5.74, 6) is -0.0513. The van der Waals surface area contributed by atoms with Gasteiger partial charge in [-0.3, -0.25) is 4.79 Å². The zero-order valence-electron chi connectivity index (χ0n) is 7.49. The van der Waals surface area contributed by atoms with Crippen LogP contribution in [-0.2, 0) is 4.79 Å². The number of nitrogens with one attached hydrogen (secondary N) is 1. The first-order valence-corrected chi connectivity index (χ1v) is 4.22. The molecule has 1 unspecified atom stereocenters. The van der Waals surface area contributed by atoms with Gasteiger partial charge in [0.1, 0.15) is 23.2 Å². The molecular weight excluding hydrogens is 206 g/mol. The van der Waals surface area contributed by atoms with E-state index in [0.717, 1.165) is 0 Å². The molecule has 5 N–H and O–H groups in total. The van der Waals surface area contributed by atoms with Gasteiger partial charge < -0.3 is 16.8 Å². The molecule has 0 aliphatic carbocycles. The average molecular weight is 216 g/mol. The van der Waals surface area contributed by atoms with Gasteiger partial charge in [-0.2, -0.15) is 0 Å². The van der Waals surface area contributed by atoms with Gasteiger partial charge in [-0.1, -0.05) is 11.6 Å². The van der Waals surface area contributed by atoms with Crippen LogP contribution in [0.3, 0.4) is 0 Å². The van der Waals surface area contributed by atoms with E-state index in [2.05, 4.69) is 15.3 Å². The van der Waals surface area contributed by atoms with Gasteiger partial charge in [0.15, 0.2) is 5.82 Å². The molecule has 0 fully saturated rings. The summed E-state index contributed by atoms with van der Waals surface area (Å²) in [5.41, 5.74) is 10.5. The smallest absolute Gasteiger partial charge is 0.239 e. The van der Waals surface area contributed by atoms with Gasteiger partial charge in [0.05, 0.1) is 0 Å². The number of carbonyl (C=O) groups is 1. The van der Waals surface area contributed by atoms with Gasteiger partial charge in [0.2, 0.25) is 5.91 Å². The minimum Gasteiger partial charge on any atom is -0.382 e. The minimum atomic E-state index is -0.568. The maximum atomic E-state index is 10.7. The molecule has 0 spiro atoms. The fourth-order valence-corrected chi connectivity index (χ4v) is 0.912. The molecule has 0 radical (unpaired) electrons. The number of hydrogen-bond acceptors (Lipinski definition) is 5. The van der Waals surface area contributed by atoms with Crippen molar-refractivity contribution in [1.29, 1.82) is 0 Å². The lowest BCUT2D eigenvalue weighted by Gasteiger charge is -2.11. The fourth-order valence-electron chi connectivity index (χ4n) is 0.760. The maximum Gasteiger partial charge on any atom is 0.239 e. The van der Waals surface area contributed by atoms with E-state index in [-0.39, 0.29) is 10.8 Å². The van der Waals surface area contributed by atoms with Gasteiger partial charge in [-0.05, 0) is 6.92 Å². The second-order valence-corrected chi connectivity index (χ2v) is 3.07. The van der Waals surface area contributed by atoms with Crippen LogP contribution < -0.4 is 16.8 Å². The van der Waals surface area contributed by atoms with Crippen molar-refractivity contribution in [3.05, 3.63) is 11.3 Å². The first kappa shape index (κ1) is 10.5. The van der Waals surface area contributed by atoms with Crippen LogP contribution in [0.2, 0.25) is 5.02 Å². The molecule has 6 nitrogen and oxygen atoms in total. The Morgan fingerprint density at radius 3 is 2.86 bits per heavy atom. The fraction of sp³-hybridized carbons (Fsp3) is 0.286. The predicted molar refractivity (Wildman–Crippen MR) is 53.7 cm³/mol. The maximum absolute atomic E-state index is 10.7. The monoisotopic (exact) mass is 215 g/mol. The van der Waals surface area contributed by atoms with Crippen LogP contribution in [0, 0.1) is 0 Å². The van der Waals surface area contributed by atoms with Crippen molar-refractivity contribution in [3.63, 3.8) is 0 Å². The van der Waals surface area contributed by atoms with Crippen LogP contribution in [0.15, 0.2) is 6.33 Å². The predicted octanol–water partition coefficient (Wildman–Crippen LogP) is -0.00210. The Morgan fingerprint density at radius 2 is 2.29 bits per heavy atom. The number of nitrogens with zero attached hydrogens (tertiary/aromatic N) is 2. The zero-order chi connectivity index (χ0) is 10.7. The van der Waals surface area contributed by atoms with Crippen molar-refractivity contribution in [1.82, 2.24) is 9.97 Å². The molecule has 0 aliphatic heterocycles. The number of rotatable bonds is 3. The van der Waals surface area contributed by atoms with E-state index in [1.165, 1.54) is 6.33 Å². The molecule has 7 heteroatoms. The van der Waals surface area contributed by atoms with Gasteiger partial charge in [0.25, 0.3) is 0 Å². The van der Waals surface area contributed by atoms with Crippen LogP contribution >= 0.6 is 11.6 Å². The van der Waals surface area contributed by atoms with E-state index in [1.54, 1.807) is 6.92 Å². The van der Waals surface area contributed by atoms with Gasteiger partial charge in [0, 0.05) is 0 Å². The van der Waals surface area contributed by atoms with E-state index in [4.69, 9.17) is 23.1 Å². The number of halogens is 1. The molecular formula is C7H10ClN5O. The minimum absolute atomic E-state index is 0.154. The molecule has 1 aromatic heterocycles. The summed E-state index contributed by atoms with van der Waals surface area (Å²) in [6.07, 6.45) is 1.25. The van der Waals surface area contributed by atoms with Crippen molar-refractivity contribution in [2.24, 2.45) is 5.73 Å². The summed E-state index contributed by atoms with van der Waals surface area (Å²) in [7, 11) is 0. The Morgan fingerprint density at radius 1 is 1.64 bits per heavy atom. The van der Waals surface area contributed by atoms with E-state index in [0.29, 0.717) is 5.82 Å². The highest BCUT2D eigenvalue weighted by molar-refractivity contribution is 6.35. The number of amides is 1. The highest BCUT2D eigenvalue weighted by atomic mass is 35.5. The molecule has 1 amide bonds. The van der Waals surface area contributed by atoms with Crippen LogP contribution in [0.4, 0.5) is 11.6 Å². The molecule has 0 aliphatic rings. The molecule has 1 rings (SSSR count). The van der Waals surface area contributed by atoms with Crippen molar-refractivity contribution in [2.75, 3.05) is 11.1 Å². The van der Waals surface area contributed by atoms with E-state index < -0.39 is 11.9 Å². The molecule has 0 bridgehead atoms. The van der Waals surface area contributed by atoms with Crippen molar-refractivity contribution in [2.45, 2.75) is 13.0 Å². The van der Waals surface area contributed by atoms with Crippen molar-refractivity contribution in [3.8, 4) is 0 Å². The van der Waals surface area contributed by atoms with Gasteiger partial charge in [-0.15, -0.1) is 0 Å². The lowest BCUT2D eigenvalue weighted by Crippen LogP contribution is -2.32. The van der Waals surface area contributed by atoms with Gasteiger partial charge in [-0.25, -0.2) is 9.97 Å². The lowest BCUT2D eigenvalue weighted by molar-refractivity contribution is -0.118. The quantitative estimate of drug-likeness (QED) is 0.658. The van der Waals surface area contributed by atoms with E-state index >= 15 is 0 Å². The first-order chi connectivity index (χ1) is 6.52. The number of carbonyl (C=O) groups excluding carboxylic acids is 1. The highest BCUT2D eigenvalue weighted by Crippen LogP contribution is 2.23.